The molecular weight excluding hydrogens is 335 g/mol. The molecule has 3 atom stereocenters. The Kier molecular flexibility index (Phi) is 3.48. The lowest BCUT2D eigenvalue weighted by atomic mass is 9.74. The minimum absolute atomic E-state index is 0.224. The Balaban J connectivity index is 1.74. The lowest BCUT2D eigenvalue weighted by Gasteiger charge is -2.59. The second-order valence-electron chi connectivity index (χ2n) is 7.18. The zero-order valence-electron chi connectivity index (χ0n) is 14.1. The highest BCUT2D eigenvalue weighted by Crippen LogP contribution is 2.51. The lowest BCUT2D eigenvalue weighted by molar-refractivity contribution is -0.191. The van der Waals surface area contributed by atoms with Crippen molar-refractivity contribution in [1.29, 1.82) is 0 Å². The Hall–Kier alpha value is -1.96. The molecule has 3 aliphatic rings. The smallest absolute Gasteiger partial charge is 0.401 e. The van der Waals surface area contributed by atoms with Gasteiger partial charge in [0.25, 0.3) is 0 Å². The second-order valence-corrected chi connectivity index (χ2v) is 7.18. The Labute approximate surface area is 143 Å². The van der Waals surface area contributed by atoms with E-state index in [1.165, 1.54) is 9.80 Å². The lowest BCUT2D eigenvalue weighted by Crippen LogP contribution is -2.74. The number of urea groups is 1. The molecule has 3 heterocycles. The molecule has 1 N–H and O–H groups in total. The number of benzene rings is 1. The maximum Gasteiger partial charge on any atom is 0.401 e. The van der Waals surface area contributed by atoms with Crippen LogP contribution in [0, 0.1) is 12.8 Å². The van der Waals surface area contributed by atoms with Gasteiger partial charge in [0.05, 0.1) is 18.5 Å². The number of aryl methyl sites for hydroxylation is 1. The van der Waals surface area contributed by atoms with Crippen LogP contribution in [0.15, 0.2) is 18.2 Å². The molecule has 3 aliphatic heterocycles. The fraction of sp³-hybridized carbons (Fsp3) is 0.588. The summed E-state index contributed by atoms with van der Waals surface area (Å²) in [6.45, 7) is 1.46. The summed E-state index contributed by atoms with van der Waals surface area (Å²) in [7, 11) is 1.65. The van der Waals surface area contributed by atoms with E-state index in [0.29, 0.717) is 12.2 Å². The number of alkyl halides is 3. The van der Waals surface area contributed by atoms with E-state index >= 15 is 0 Å². The average molecular weight is 355 g/mol. The van der Waals surface area contributed by atoms with Gasteiger partial charge in [0, 0.05) is 32.1 Å². The van der Waals surface area contributed by atoms with Crippen LogP contribution in [0.3, 0.4) is 0 Å². The summed E-state index contributed by atoms with van der Waals surface area (Å²) in [6, 6.07) is 5.16. The van der Waals surface area contributed by atoms with Crippen LogP contribution in [-0.2, 0) is 0 Å². The maximum absolute atomic E-state index is 12.8. The number of fused-ring (bicyclic) bond motifs is 2. The van der Waals surface area contributed by atoms with Crippen molar-refractivity contribution in [3.05, 3.63) is 29.3 Å². The van der Waals surface area contributed by atoms with Crippen LogP contribution in [0.25, 0.3) is 0 Å². The van der Waals surface area contributed by atoms with Gasteiger partial charge in [-0.05, 0) is 13.0 Å². The first-order valence-corrected chi connectivity index (χ1v) is 8.33. The molecule has 25 heavy (non-hydrogen) atoms. The number of ether oxygens (including phenoxy) is 1. The first-order valence-electron chi connectivity index (χ1n) is 8.33. The molecule has 0 radical (unpaired) electrons. The molecule has 5 nitrogen and oxygen atoms in total. The van der Waals surface area contributed by atoms with Crippen molar-refractivity contribution in [3.8, 4) is 5.75 Å². The van der Waals surface area contributed by atoms with Gasteiger partial charge in [0.1, 0.15) is 5.75 Å². The van der Waals surface area contributed by atoms with E-state index in [4.69, 9.17) is 4.74 Å². The number of piperidine rings is 1. The minimum Gasteiger partial charge on any atom is -0.467 e. The highest BCUT2D eigenvalue weighted by molar-refractivity contribution is 5.77. The predicted octanol–water partition coefficient (Wildman–Crippen LogP) is 2.66. The number of carbonyl (C=O) groups is 1. The summed E-state index contributed by atoms with van der Waals surface area (Å²) in [5.41, 5.74) is 0.971. The van der Waals surface area contributed by atoms with Gasteiger partial charge >= 0.3 is 12.2 Å². The molecular formula is C17H20F3N3O2. The van der Waals surface area contributed by atoms with Crippen molar-refractivity contribution in [2.24, 2.45) is 5.92 Å². The second kappa shape index (κ2) is 5.27. The van der Waals surface area contributed by atoms with Gasteiger partial charge in [0.15, 0.2) is 5.72 Å². The molecule has 0 spiro atoms. The fourth-order valence-electron chi connectivity index (χ4n) is 4.38. The predicted molar refractivity (Wildman–Crippen MR) is 84.2 cm³/mol. The number of amides is 2. The molecule has 4 rings (SSSR count). The fourth-order valence-corrected chi connectivity index (χ4v) is 4.38. The van der Waals surface area contributed by atoms with Gasteiger partial charge in [0.2, 0.25) is 0 Å². The summed E-state index contributed by atoms with van der Waals surface area (Å²) < 4.78 is 44.8. The van der Waals surface area contributed by atoms with E-state index in [1.807, 2.05) is 25.1 Å². The van der Waals surface area contributed by atoms with Gasteiger partial charge in [-0.15, -0.1) is 0 Å². The molecule has 1 aromatic carbocycles. The number of halogens is 3. The van der Waals surface area contributed by atoms with Crippen LogP contribution in [0.4, 0.5) is 18.0 Å². The van der Waals surface area contributed by atoms with Crippen LogP contribution < -0.4 is 10.1 Å². The molecule has 0 saturated carbocycles. The van der Waals surface area contributed by atoms with Crippen molar-refractivity contribution in [1.82, 2.24) is 15.1 Å². The van der Waals surface area contributed by atoms with E-state index in [-0.39, 0.29) is 31.1 Å². The number of likely N-dealkylation sites (tertiary alicyclic amines) is 1. The van der Waals surface area contributed by atoms with Gasteiger partial charge in [-0.2, -0.15) is 13.2 Å². The highest BCUT2D eigenvalue weighted by Gasteiger charge is 2.60. The molecule has 2 saturated heterocycles. The number of hydrogen-bond donors (Lipinski definition) is 1. The molecule has 0 aromatic heterocycles. The van der Waals surface area contributed by atoms with Crippen molar-refractivity contribution in [3.63, 3.8) is 0 Å². The average Bonchev–Trinajstić information content (AvgIpc) is 2.52. The SMILES string of the molecule is Cc1ccc2c(c1)C1NC(=O)N(C)C3(CCN(CC(F)(F)F)CC13)O2. The van der Waals surface area contributed by atoms with E-state index < -0.39 is 18.4 Å². The monoisotopic (exact) mass is 355 g/mol. The summed E-state index contributed by atoms with van der Waals surface area (Å²) >= 11 is 0. The third-order valence-corrected chi connectivity index (χ3v) is 5.56. The highest BCUT2D eigenvalue weighted by atomic mass is 19.4. The van der Waals surface area contributed by atoms with Gasteiger partial charge < -0.3 is 10.1 Å². The topological polar surface area (TPSA) is 44.8 Å². The van der Waals surface area contributed by atoms with Crippen LogP contribution in [0.2, 0.25) is 0 Å². The van der Waals surface area contributed by atoms with E-state index in [2.05, 4.69) is 5.32 Å². The zero-order valence-corrected chi connectivity index (χ0v) is 14.1. The normalized spacial score (nSPS) is 31.7. The first kappa shape index (κ1) is 16.5. The van der Waals surface area contributed by atoms with Crippen molar-refractivity contribution in [2.75, 3.05) is 26.7 Å². The van der Waals surface area contributed by atoms with E-state index in [0.717, 1.165) is 11.1 Å². The number of nitrogens with zero attached hydrogens (tertiary/aromatic N) is 2. The number of nitrogens with one attached hydrogen (secondary N) is 1. The van der Waals surface area contributed by atoms with Crippen LogP contribution in [-0.4, -0.2) is 54.4 Å². The minimum atomic E-state index is -4.24. The quantitative estimate of drug-likeness (QED) is 0.842. The Morgan fingerprint density at radius 3 is 2.88 bits per heavy atom. The zero-order chi connectivity index (χ0) is 18.0. The molecule has 2 bridgehead atoms. The van der Waals surface area contributed by atoms with Gasteiger partial charge in [-0.1, -0.05) is 17.7 Å². The molecule has 2 amide bonds. The Morgan fingerprint density at radius 1 is 1.40 bits per heavy atom. The molecule has 8 heteroatoms. The maximum atomic E-state index is 12.8. The third kappa shape index (κ3) is 2.54. The van der Waals surface area contributed by atoms with Crippen molar-refractivity contribution >= 4 is 6.03 Å². The van der Waals surface area contributed by atoms with Crippen molar-refractivity contribution in [2.45, 2.75) is 31.3 Å². The standard InChI is InChI=1S/C17H20F3N3O2/c1-10-3-4-13-11(7-10)14-12-8-23(9-17(18,19)20)6-5-16(12,25-13)22(2)15(24)21-14/h3-4,7,12,14H,5-6,8-9H2,1-2H3,(H,21,24). The Morgan fingerprint density at radius 2 is 2.16 bits per heavy atom. The van der Waals surface area contributed by atoms with Crippen LogP contribution in [0.1, 0.15) is 23.6 Å². The molecule has 2 fully saturated rings. The summed E-state index contributed by atoms with van der Waals surface area (Å²) in [5, 5.41) is 2.96. The van der Waals surface area contributed by atoms with Gasteiger partial charge in [-0.3, -0.25) is 9.80 Å². The molecule has 136 valence electrons. The van der Waals surface area contributed by atoms with Crippen molar-refractivity contribution < 1.29 is 22.7 Å². The largest absolute Gasteiger partial charge is 0.467 e. The summed E-state index contributed by atoms with van der Waals surface area (Å²) in [4.78, 5) is 15.3. The van der Waals surface area contributed by atoms with E-state index in [9.17, 15) is 18.0 Å². The molecule has 3 unspecified atom stereocenters. The first-order chi connectivity index (χ1) is 11.7. The number of carbonyl (C=O) groups excluding carboxylic acids is 1. The number of hydrogen-bond acceptors (Lipinski definition) is 3. The van der Waals surface area contributed by atoms with Gasteiger partial charge in [-0.25, -0.2) is 4.79 Å². The summed E-state index contributed by atoms with van der Waals surface area (Å²) in [6.07, 6.45) is -3.89. The van der Waals surface area contributed by atoms with Crippen LogP contribution in [0.5, 0.6) is 5.75 Å². The number of rotatable bonds is 1. The summed E-state index contributed by atoms with van der Waals surface area (Å²) in [5.74, 6) is 0.434. The molecule has 0 aliphatic carbocycles. The third-order valence-electron chi connectivity index (χ3n) is 5.56. The van der Waals surface area contributed by atoms with Crippen LogP contribution >= 0.6 is 0 Å². The Bertz CT molecular complexity index is 724. The molecule has 1 aromatic rings. The van der Waals surface area contributed by atoms with E-state index in [1.54, 1.807) is 7.05 Å².